The number of nitrogens with two attached hydrogens (primary N) is 1. The van der Waals surface area contributed by atoms with E-state index in [1.165, 1.54) is 0 Å². The van der Waals surface area contributed by atoms with Crippen LogP contribution in [0.25, 0.3) is 22.6 Å². The highest BCUT2D eigenvalue weighted by molar-refractivity contribution is 5.79. The topological polar surface area (TPSA) is 64.9 Å². The number of hydrogen-bond donors (Lipinski definition) is 1. The van der Waals surface area contributed by atoms with E-state index in [1.807, 2.05) is 19.1 Å². The van der Waals surface area contributed by atoms with Gasteiger partial charge in [0, 0.05) is 18.1 Å². The minimum Gasteiger partial charge on any atom is -0.436 e. The van der Waals surface area contributed by atoms with E-state index in [2.05, 4.69) is 9.97 Å². The molecule has 0 amide bonds. The van der Waals surface area contributed by atoms with Gasteiger partial charge in [0.1, 0.15) is 5.52 Å². The fraction of sp³-hybridized carbons (Fsp3) is 0.0769. The van der Waals surface area contributed by atoms with E-state index in [1.54, 1.807) is 24.5 Å². The minimum absolute atomic E-state index is 0.571. The molecule has 0 aliphatic heterocycles. The lowest BCUT2D eigenvalue weighted by molar-refractivity contribution is 0.619. The molecule has 2 N–H and O–H groups in total. The first kappa shape index (κ1) is 9.84. The van der Waals surface area contributed by atoms with Crippen LogP contribution in [0.3, 0.4) is 0 Å². The number of aromatic nitrogens is 2. The summed E-state index contributed by atoms with van der Waals surface area (Å²) in [6.07, 6.45) is 3.53. The molecule has 0 saturated carbocycles. The Morgan fingerprint density at radius 2 is 2.06 bits per heavy atom. The van der Waals surface area contributed by atoms with Crippen molar-refractivity contribution in [3.8, 4) is 11.5 Å². The second-order valence-corrected chi connectivity index (χ2v) is 4.00. The summed E-state index contributed by atoms with van der Waals surface area (Å²) >= 11 is 0. The highest BCUT2D eigenvalue weighted by Gasteiger charge is 2.08. The molecule has 0 bridgehead atoms. The van der Waals surface area contributed by atoms with Gasteiger partial charge in [-0.2, -0.15) is 0 Å². The molecule has 0 unspecified atom stereocenters. The summed E-state index contributed by atoms with van der Waals surface area (Å²) in [4.78, 5) is 8.52. The fourth-order valence-corrected chi connectivity index (χ4v) is 1.74. The average Bonchev–Trinajstić information content (AvgIpc) is 2.72. The lowest BCUT2D eigenvalue weighted by atomic mass is 10.2. The Kier molecular flexibility index (Phi) is 2.08. The van der Waals surface area contributed by atoms with Gasteiger partial charge in [-0.25, -0.2) is 4.98 Å². The predicted octanol–water partition coefficient (Wildman–Crippen LogP) is 2.78. The third-order valence-electron chi connectivity index (χ3n) is 2.53. The van der Waals surface area contributed by atoms with Crippen molar-refractivity contribution in [2.24, 2.45) is 0 Å². The van der Waals surface area contributed by atoms with E-state index < -0.39 is 0 Å². The number of rotatable bonds is 1. The van der Waals surface area contributed by atoms with Crippen LogP contribution in [0.4, 0.5) is 5.69 Å². The van der Waals surface area contributed by atoms with Gasteiger partial charge in [-0.15, -0.1) is 0 Å². The molecule has 17 heavy (non-hydrogen) atoms. The normalized spacial score (nSPS) is 10.9. The third-order valence-corrected chi connectivity index (χ3v) is 2.53. The highest BCUT2D eigenvalue weighted by atomic mass is 16.3. The van der Waals surface area contributed by atoms with Gasteiger partial charge in [0.05, 0.1) is 5.56 Å². The van der Waals surface area contributed by atoms with Gasteiger partial charge < -0.3 is 10.2 Å². The molecule has 0 aliphatic carbocycles. The Hall–Kier alpha value is -2.36. The summed E-state index contributed by atoms with van der Waals surface area (Å²) < 4.78 is 5.66. The van der Waals surface area contributed by atoms with Gasteiger partial charge in [0.15, 0.2) is 5.58 Å². The Morgan fingerprint density at radius 1 is 1.18 bits per heavy atom. The van der Waals surface area contributed by atoms with E-state index in [-0.39, 0.29) is 0 Å². The zero-order chi connectivity index (χ0) is 11.8. The molecular weight excluding hydrogens is 214 g/mol. The SMILES string of the molecule is Cc1cncc(-c2nc3cc(N)ccc3o2)c1. The standard InChI is InChI=1S/C13H11N3O/c1-8-4-9(7-15-6-8)13-16-11-5-10(14)2-3-12(11)17-13/h2-7H,14H2,1H3. The van der Waals surface area contributed by atoms with Crippen molar-refractivity contribution < 1.29 is 4.42 Å². The van der Waals surface area contributed by atoms with Crippen molar-refractivity contribution in [3.05, 3.63) is 42.2 Å². The molecule has 0 fully saturated rings. The maximum atomic E-state index is 5.70. The predicted molar refractivity (Wildman–Crippen MR) is 66.4 cm³/mol. The lowest BCUT2D eigenvalue weighted by Crippen LogP contribution is -1.83. The van der Waals surface area contributed by atoms with Crippen molar-refractivity contribution in [2.75, 3.05) is 5.73 Å². The molecule has 0 radical (unpaired) electrons. The number of nitrogen functional groups attached to an aromatic ring is 1. The second-order valence-electron chi connectivity index (χ2n) is 4.00. The Bertz CT molecular complexity index is 688. The molecule has 2 heterocycles. The van der Waals surface area contributed by atoms with E-state index in [4.69, 9.17) is 10.2 Å². The Morgan fingerprint density at radius 3 is 2.88 bits per heavy atom. The largest absolute Gasteiger partial charge is 0.436 e. The van der Waals surface area contributed by atoms with Gasteiger partial charge in [0.25, 0.3) is 0 Å². The molecule has 0 saturated heterocycles. The van der Waals surface area contributed by atoms with Crippen LogP contribution in [0.2, 0.25) is 0 Å². The molecule has 3 rings (SSSR count). The smallest absolute Gasteiger partial charge is 0.228 e. The Labute approximate surface area is 98.1 Å². The minimum atomic E-state index is 0.571. The van der Waals surface area contributed by atoms with Crippen LogP contribution in [-0.2, 0) is 0 Å². The lowest BCUT2D eigenvalue weighted by Gasteiger charge is -1.95. The first-order valence-corrected chi connectivity index (χ1v) is 5.30. The molecule has 3 aromatic rings. The summed E-state index contributed by atoms with van der Waals surface area (Å²) in [7, 11) is 0. The number of hydrogen-bond acceptors (Lipinski definition) is 4. The number of aryl methyl sites for hydroxylation is 1. The molecule has 0 spiro atoms. The van der Waals surface area contributed by atoms with E-state index in [9.17, 15) is 0 Å². The van der Waals surface area contributed by atoms with Crippen molar-refractivity contribution in [3.63, 3.8) is 0 Å². The number of oxazole rings is 1. The van der Waals surface area contributed by atoms with Crippen LogP contribution in [0.1, 0.15) is 5.56 Å². The van der Waals surface area contributed by atoms with Crippen LogP contribution < -0.4 is 5.73 Å². The van der Waals surface area contributed by atoms with Crippen LogP contribution >= 0.6 is 0 Å². The Balaban J connectivity index is 2.18. The zero-order valence-electron chi connectivity index (χ0n) is 9.34. The molecule has 2 aromatic heterocycles. The van der Waals surface area contributed by atoms with Gasteiger partial charge in [-0.1, -0.05) is 0 Å². The molecule has 84 valence electrons. The van der Waals surface area contributed by atoms with Crippen molar-refractivity contribution in [1.29, 1.82) is 0 Å². The number of fused-ring (bicyclic) bond motifs is 1. The first-order chi connectivity index (χ1) is 8.22. The van der Waals surface area contributed by atoms with Crippen LogP contribution in [-0.4, -0.2) is 9.97 Å². The van der Waals surface area contributed by atoms with Crippen LogP contribution in [0, 0.1) is 6.92 Å². The number of anilines is 1. The van der Waals surface area contributed by atoms with E-state index >= 15 is 0 Å². The fourth-order valence-electron chi connectivity index (χ4n) is 1.74. The summed E-state index contributed by atoms with van der Waals surface area (Å²) in [5.74, 6) is 0.571. The number of benzene rings is 1. The van der Waals surface area contributed by atoms with Crippen LogP contribution in [0.15, 0.2) is 41.1 Å². The van der Waals surface area contributed by atoms with Gasteiger partial charge in [-0.05, 0) is 36.8 Å². The quantitative estimate of drug-likeness (QED) is 0.647. The van der Waals surface area contributed by atoms with Gasteiger partial charge in [0.2, 0.25) is 5.89 Å². The molecule has 0 aliphatic rings. The monoisotopic (exact) mass is 225 g/mol. The first-order valence-electron chi connectivity index (χ1n) is 5.30. The number of nitrogens with zero attached hydrogens (tertiary/aromatic N) is 2. The second kappa shape index (κ2) is 3.59. The molecular formula is C13H11N3O. The summed E-state index contributed by atoms with van der Waals surface area (Å²) in [5.41, 5.74) is 9.83. The maximum absolute atomic E-state index is 5.70. The molecule has 4 heteroatoms. The zero-order valence-corrected chi connectivity index (χ0v) is 9.34. The van der Waals surface area contributed by atoms with Gasteiger partial charge >= 0.3 is 0 Å². The molecule has 0 atom stereocenters. The summed E-state index contributed by atoms with van der Waals surface area (Å²) in [5, 5.41) is 0. The third kappa shape index (κ3) is 1.73. The number of pyridine rings is 1. The molecule has 1 aromatic carbocycles. The van der Waals surface area contributed by atoms with Gasteiger partial charge in [-0.3, -0.25) is 4.98 Å². The highest BCUT2D eigenvalue weighted by Crippen LogP contribution is 2.25. The van der Waals surface area contributed by atoms with Crippen molar-refractivity contribution >= 4 is 16.8 Å². The summed E-state index contributed by atoms with van der Waals surface area (Å²) in [6.45, 7) is 1.98. The van der Waals surface area contributed by atoms with E-state index in [0.717, 1.165) is 22.2 Å². The van der Waals surface area contributed by atoms with Crippen molar-refractivity contribution in [2.45, 2.75) is 6.92 Å². The van der Waals surface area contributed by atoms with Crippen molar-refractivity contribution in [1.82, 2.24) is 9.97 Å². The maximum Gasteiger partial charge on any atom is 0.228 e. The average molecular weight is 225 g/mol. The van der Waals surface area contributed by atoms with E-state index in [0.29, 0.717) is 11.6 Å². The molecule has 4 nitrogen and oxygen atoms in total. The summed E-state index contributed by atoms with van der Waals surface area (Å²) in [6, 6.07) is 7.41. The van der Waals surface area contributed by atoms with Crippen LogP contribution in [0.5, 0.6) is 0 Å².